The van der Waals surface area contributed by atoms with Crippen LogP contribution in [0.5, 0.6) is 0 Å². The molecule has 10 heteroatoms. The van der Waals surface area contributed by atoms with Crippen LogP contribution in [-0.2, 0) is 26.2 Å². The van der Waals surface area contributed by atoms with E-state index >= 15 is 0 Å². The molecule has 2 rings (SSSR count). The highest BCUT2D eigenvalue weighted by molar-refractivity contribution is 7.92. The largest absolute Gasteiger partial charge is 0.355 e. The van der Waals surface area contributed by atoms with Crippen molar-refractivity contribution in [2.75, 3.05) is 23.7 Å². The minimum absolute atomic E-state index is 0.0663. The number of hydrogen-bond acceptors (Lipinski definition) is 4. The van der Waals surface area contributed by atoms with Crippen LogP contribution in [0.2, 0.25) is 10.0 Å². The zero-order valence-corrected chi connectivity index (χ0v) is 21.5. The van der Waals surface area contributed by atoms with Crippen molar-refractivity contribution in [3.05, 3.63) is 63.6 Å². The number of anilines is 1. The minimum atomic E-state index is -3.76. The van der Waals surface area contributed by atoms with Gasteiger partial charge in [0.1, 0.15) is 12.6 Å². The molecule has 2 aromatic rings. The Morgan fingerprint density at radius 1 is 1.06 bits per heavy atom. The maximum Gasteiger partial charge on any atom is 0.244 e. The average Bonchev–Trinajstić information content (AvgIpc) is 2.73. The number of halogens is 2. The fourth-order valence-electron chi connectivity index (χ4n) is 3.44. The van der Waals surface area contributed by atoms with Gasteiger partial charge in [0, 0.05) is 13.1 Å². The van der Waals surface area contributed by atoms with E-state index in [4.69, 9.17) is 23.2 Å². The van der Waals surface area contributed by atoms with Crippen molar-refractivity contribution < 1.29 is 18.0 Å². The maximum absolute atomic E-state index is 13.5. The van der Waals surface area contributed by atoms with E-state index in [9.17, 15) is 18.0 Å². The van der Waals surface area contributed by atoms with Crippen molar-refractivity contribution in [3.63, 3.8) is 0 Å². The smallest absolute Gasteiger partial charge is 0.244 e. The molecule has 2 aromatic carbocycles. The Balaban J connectivity index is 2.45. The van der Waals surface area contributed by atoms with Gasteiger partial charge in [-0.05, 0) is 55.7 Å². The molecule has 0 fully saturated rings. The molecule has 1 atom stereocenters. The molecule has 33 heavy (non-hydrogen) atoms. The molecule has 0 aliphatic heterocycles. The van der Waals surface area contributed by atoms with E-state index < -0.39 is 28.5 Å². The van der Waals surface area contributed by atoms with Crippen LogP contribution >= 0.6 is 23.2 Å². The number of rotatable bonds is 10. The summed E-state index contributed by atoms with van der Waals surface area (Å²) in [5, 5.41) is 3.45. The first kappa shape index (κ1) is 27.0. The Kier molecular flexibility index (Phi) is 9.57. The molecule has 2 amide bonds. The monoisotopic (exact) mass is 513 g/mol. The second kappa shape index (κ2) is 11.7. The third-order valence-electron chi connectivity index (χ3n) is 5.04. The summed E-state index contributed by atoms with van der Waals surface area (Å²) in [6.45, 7) is 5.45. The lowest BCUT2D eigenvalue weighted by molar-refractivity contribution is -0.140. The summed E-state index contributed by atoms with van der Waals surface area (Å²) >= 11 is 12.2. The topological polar surface area (TPSA) is 86.8 Å². The SMILES string of the molecule is CCNC(=O)[C@@H](CC)N(Cc1ccc(Cl)c(Cl)c1)C(=O)CN(c1cccc(C)c1)S(C)(=O)=O. The zero-order valence-electron chi connectivity index (χ0n) is 19.1. The standard InChI is InChI=1S/C23H29Cl2N3O4S/c1-5-21(23(30)26-6-2)27(14-17-10-11-19(24)20(25)13-17)22(29)15-28(33(4,31)32)18-9-7-8-16(3)12-18/h7-13,21H,5-6,14-15H2,1-4H3,(H,26,30)/t21-/m1/s1. The summed E-state index contributed by atoms with van der Waals surface area (Å²) in [6.07, 6.45) is 1.40. The lowest BCUT2D eigenvalue weighted by Gasteiger charge is -2.33. The summed E-state index contributed by atoms with van der Waals surface area (Å²) in [4.78, 5) is 27.6. The molecular formula is C23H29Cl2N3O4S. The first-order valence-corrected chi connectivity index (χ1v) is 13.1. The van der Waals surface area contributed by atoms with Gasteiger partial charge in [-0.2, -0.15) is 0 Å². The highest BCUT2D eigenvalue weighted by Gasteiger charge is 2.31. The van der Waals surface area contributed by atoms with Crippen LogP contribution in [0.1, 0.15) is 31.4 Å². The maximum atomic E-state index is 13.5. The van der Waals surface area contributed by atoms with Crippen LogP contribution in [0.25, 0.3) is 0 Å². The van der Waals surface area contributed by atoms with Gasteiger partial charge < -0.3 is 10.2 Å². The third-order valence-corrected chi connectivity index (χ3v) is 6.92. The van der Waals surface area contributed by atoms with Gasteiger partial charge >= 0.3 is 0 Å². The van der Waals surface area contributed by atoms with Gasteiger partial charge in [0.2, 0.25) is 21.8 Å². The van der Waals surface area contributed by atoms with Crippen LogP contribution in [-0.4, -0.2) is 50.5 Å². The molecule has 1 N–H and O–H groups in total. The predicted molar refractivity (Wildman–Crippen MR) is 133 cm³/mol. The number of nitrogens with zero attached hydrogens (tertiary/aromatic N) is 2. The van der Waals surface area contributed by atoms with Crippen LogP contribution in [0, 0.1) is 6.92 Å². The van der Waals surface area contributed by atoms with Crippen molar-refractivity contribution in [1.29, 1.82) is 0 Å². The summed E-state index contributed by atoms with van der Waals surface area (Å²) in [5.74, 6) is -0.819. The normalized spacial score (nSPS) is 12.2. The fourth-order valence-corrected chi connectivity index (χ4v) is 4.61. The molecule has 0 aromatic heterocycles. The third kappa shape index (κ3) is 7.35. The Hall–Kier alpha value is -2.29. The van der Waals surface area contributed by atoms with Gasteiger partial charge in [0.15, 0.2) is 0 Å². The summed E-state index contributed by atoms with van der Waals surface area (Å²) < 4.78 is 26.2. The highest BCUT2D eigenvalue weighted by Crippen LogP contribution is 2.25. The van der Waals surface area contributed by atoms with E-state index in [1.165, 1.54) is 4.90 Å². The highest BCUT2D eigenvalue weighted by atomic mass is 35.5. The van der Waals surface area contributed by atoms with E-state index in [2.05, 4.69) is 5.32 Å². The molecule has 7 nitrogen and oxygen atoms in total. The molecule has 0 saturated heterocycles. The second-order valence-corrected chi connectivity index (χ2v) is 10.4. The molecule has 0 saturated carbocycles. The number of hydrogen-bond donors (Lipinski definition) is 1. The van der Waals surface area contributed by atoms with Crippen LogP contribution < -0.4 is 9.62 Å². The first-order chi connectivity index (χ1) is 15.5. The number of aryl methyl sites for hydroxylation is 1. The molecule has 0 aliphatic carbocycles. The van der Waals surface area contributed by atoms with Crippen molar-refractivity contribution in [2.24, 2.45) is 0 Å². The van der Waals surface area contributed by atoms with Crippen LogP contribution in [0.15, 0.2) is 42.5 Å². The van der Waals surface area contributed by atoms with Crippen molar-refractivity contribution in [3.8, 4) is 0 Å². The fraction of sp³-hybridized carbons (Fsp3) is 0.391. The first-order valence-electron chi connectivity index (χ1n) is 10.5. The second-order valence-electron chi connectivity index (χ2n) is 7.70. The zero-order chi connectivity index (χ0) is 24.8. The summed E-state index contributed by atoms with van der Waals surface area (Å²) in [7, 11) is -3.76. The van der Waals surface area contributed by atoms with Gasteiger partial charge in [-0.15, -0.1) is 0 Å². The molecule has 0 bridgehead atoms. The summed E-state index contributed by atoms with van der Waals surface area (Å²) in [6, 6.07) is 11.1. The van der Waals surface area contributed by atoms with Gasteiger partial charge in [-0.1, -0.05) is 48.3 Å². The number of carbonyl (C=O) groups excluding carboxylic acids is 2. The number of amides is 2. The molecule has 0 aliphatic rings. The molecule has 0 radical (unpaired) electrons. The number of sulfonamides is 1. The van der Waals surface area contributed by atoms with Crippen molar-refractivity contribution >= 4 is 50.7 Å². The summed E-state index contributed by atoms with van der Waals surface area (Å²) in [5.41, 5.74) is 1.91. The van der Waals surface area contributed by atoms with E-state index in [1.807, 2.05) is 13.0 Å². The average molecular weight is 514 g/mol. The number of benzene rings is 2. The Bertz CT molecular complexity index is 1110. The molecule has 0 heterocycles. The number of nitrogens with one attached hydrogen (secondary N) is 1. The van der Waals surface area contributed by atoms with E-state index in [-0.39, 0.29) is 12.5 Å². The van der Waals surface area contributed by atoms with E-state index in [1.54, 1.807) is 50.2 Å². The lowest BCUT2D eigenvalue weighted by Crippen LogP contribution is -2.52. The Morgan fingerprint density at radius 3 is 2.30 bits per heavy atom. The molecule has 180 valence electrons. The predicted octanol–water partition coefficient (Wildman–Crippen LogP) is 4.01. The van der Waals surface area contributed by atoms with Gasteiger partial charge in [-0.3, -0.25) is 13.9 Å². The van der Waals surface area contributed by atoms with Gasteiger partial charge in [0.05, 0.1) is 22.0 Å². The van der Waals surface area contributed by atoms with Crippen LogP contribution in [0.3, 0.4) is 0 Å². The molecule has 0 unspecified atom stereocenters. The van der Waals surface area contributed by atoms with Crippen molar-refractivity contribution in [1.82, 2.24) is 10.2 Å². The lowest BCUT2D eigenvalue weighted by atomic mass is 10.1. The van der Waals surface area contributed by atoms with Crippen molar-refractivity contribution in [2.45, 2.75) is 39.8 Å². The molecule has 0 spiro atoms. The number of carbonyl (C=O) groups is 2. The van der Waals surface area contributed by atoms with E-state index in [0.717, 1.165) is 16.1 Å². The molecular weight excluding hydrogens is 485 g/mol. The Morgan fingerprint density at radius 2 is 1.76 bits per heavy atom. The number of likely N-dealkylation sites (N-methyl/N-ethyl adjacent to an activating group) is 1. The van der Waals surface area contributed by atoms with E-state index in [0.29, 0.717) is 34.3 Å². The van der Waals surface area contributed by atoms with Crippen LogP contribution in [0.4, 0.5) is 5.69 Å². The minimum Gasteiger partial charge on any atom is -0.355 e. The van der Waals surface area contributed by atoms with Gasteiger partial charge in [-0.25, -0.2) is 8.42 Å². The Labute approximate surface area is 205 Å². The quantitative estimate of drug-likeness (QED) is 0.519. The van der Waals surface area contributed by atoms with Gasteiger partial charge in [0.25, 0.3) is 0 Å².